The van der Waals surface area contributed by atoms with Crippen molar-refractivity contribution in [3.05, 3.63) is 90.3 Å². The van der Waals surface area contributed by atoms with Crippen LogP contribution in [0.3, 0.4) is 0 Å². The normalized spacial score (nSPS) is 11.8. The lowest BCUT2D eigenvalue weighted by molar-refractivity contribution is -0.137. The highest BCUT2D eigenvalue weighted by Gasteiger charge is 2.35. The molecular weight excluding hydrogens is 509 g/mol. The van der Waals surface area contributed by atoms with E-state index in [9.17, 15) is 26.4 Å². The third-order valence-corrected chi connectivity index (χ3v) is 6.47. The van der Waals surface area contributed by atoms with E-state index < -0.39 is 33.6 Å². The molecule has 0 atom stereocenters. The smallest absolute Gasteiger partial charge is 0.390 e. The lowest BCUT2D eigenvalue weighted by atomic mass is 10.0. The topological polar surface area (TPSA) is 128 Å². The number of halogens is 3. The van der Waals surface area contributed by atoms with Gasteiger partial charge in [0, 0.05) is 23.7 Å². The number of amides is 1. The Morgan fingerprint density at radius 2 is 1.68 bits per heavy atom. The Morgan fingerprint density at radius 3 is 2.30 bits per heavy atom. The van der Waals surface area contributed by atoms with Crippen LogP contribution in [0.5, 0.6) is 0 Å². The first-order valence-corrected chi connectivity index (χ1v) is 12.5. The van der Waals surface area contributed by atoms with Crippen LogP contribution in [0.2, 0.25) is 0 Å². The first-order chi connectivity index (χ1) is 17.3. The summed E-state index contributed by atoms with van der Waals surface area (Å²) < 4.78 is 71.0. The summed E-state index contributed by atoms with van der Waals surface area (Å²) in [5.74, 6) is -0.876. The molecule has 0 saturated carbocycles. The van der Waals surface area contributed by atoms with E-state index in [-0.39, 0.29) is 22.0 Å². The highest BCUT2D eigenvalue weighted by Crippen LogP contribution is 2.37. The van der Waals surface area contributed by atoms with Gasteiger partial charge in [-0.15, -0.1) is 0 Å². The lowest BCUT2D eigenvalue weighted by Gasteiger charge is -2.14. The number of primary amides is 1. The van der Waals surface area contributed by atoms with E-state index in [2.05, 4.69) is 9.72 Å². The van der Waals surface area contributed by atoms with Gasteiger partial charge in [0.2, 0.25) is 5.90 Å². The van der Waals surface area contributed by atoms with Crippen molar-refractivity contribution in [3.8, 4) is 28.2 Å². The number of hydrogen-bond donors (Lipinski definition) is 2. The molecule has 8 nitrogen and oxygen atoms in total. The minimum atomic E-state index is -4.68. The molecule has 12 heteroatoms. The Kier molecular flexibility index (Phi) is 6.61. The second-order valence-corrected chi connectivity index (χ2v) is 9.98. The van der Waals surface area contributed by atoms with Crippen LogP contribution in [0.4, 0.5) is 18.0 Å². The number of nitrogens with zero attached hydrogens (tertiary/aromatic N) is 2. The number of aromatic nitrogens is 2. The fourth-order valence-electron chi connectivity index (χ4n) is 3.68. The van der Waals surface area contributed by atoms with Crippen molar-refractivity contribution in [3.63, 3.8) is 0 Å². The number of sulfone groups is 1. The van der Waals surface area contributed by atoms with E-state index in [1.165, 1.54) is 41.1 Å². The van der Waals surface area contributed by atoms with E-state index >= 15 is 0 Å². The van der Waals surface area contributed by atoms with Crippen LogP contribution in [0.1, 0.15) is 11.3 Å². The van der Waals surface area contributed by atoms with Crippen molar-refractivity contribution < 1.29 is 31.1 Å². The maximum Gasteiger partial charge on any atom is 0.417 e. The third-order valence-electron chi connectivity index (χ3n) is 5.36. The molecule has 0 spiro atoms. The molecule has 0 radical (unpaired) electrons. The average Bonchev–Trinajstić information content (AvgIpc) is 3.28. The molecule has 0 saturated heterocycles. The van der Waals surface area contributed by atoms with Gasteiger partial charge >= 0.3 is 12.3 Å². The van der Waals surface area contributed by atoms with Crippen LogP contribution in [0, 0.1) is 5.41 Å². The molecule has 1 heterocycles. The van der Waals surface area contributed by atoms with Gasteiger partial charge < -0.3 is 10.5 Å². The summed E-state index contributed by atoms with van der Waals surface area (Å²) in [6.07, 6.45) is -3.59. The van der Waals surface area contributed by atoms with Crippen LogP contribution >= 0.6 is 0 Å². The summed E-state index contributed by atoms with van der Waals surface area (Å²) in [6.45, 7) is 0. The molecule has 0 bridgehead atoms. The summed E-state index contributed by atoms with van der Waals surface area (Å²) in [6, 6.07) is 17.7. The predicted octanol–water partition coefficient (Wildman–Crippen LogP) is 5.05. The lowest BCUT2D eigenvalue weighted by Crippen LogP contribution is -2.18. The number of nitrogens with two attached hydrogens (primary N) is 1. The van der Waals surface area contributed by atoms with Crippen LogP contribution in [0.15, 0.2) is 83.9 Å². The minimum absolute atomic E-state index is 0.146. The standard InChI is InChI=1S/C25H19F3N4O4S/c1-37(34,35)18-6-4-5-16(13-18)15-9-11-17(12-10-15)32-14-21(22(29)36-24(30)33)31-23(32)19-7-2-3-8-20(19)25(26,27)28/h2-14,29H,1H3,(H2,30,33). The molecular formula is C25H19F3N4O4S. The zero-order chi connectivity index (χ0) is 27.0. The van der Waals surface area contributed by atoms with Crippen LogP contribution in [0.25, 0.3) is 28.2 Å². The number of imidazole rings is 1. The van der Waals surface area contributed by atoms with Crippen molar-refractivity contribution >= 4 is 21.8 Å². The maximum atomic E-state index is 13.8. The van der Waals surface area contributed by atoms with Gasteiger partial charge in [-0.05, 0) is 41.5 Å². The molecule has 4 rings (SSSR count). The molecule has 3 aromatic carbocycles. The molecule has 0 aliphatic carbocycles. The van der Waals surface area contributed by atoms with Crippen LogP contribution in [-0.4, -0.2) is 36.2 Å². The van der Waals surface area contributed by atoms with E-state index in [1.807, 2.05) is 0 Å². The first-order valence-electron chi connectivity index (χ1n) is 10.6. The number of rotatable bonds is 5. The number of carbonyl (C=O) groups is 1. The molecule has 0 aliphatic heterocycles. The van der Waals surface area contributed by atoms with E-state index in [4.69, 9.17) is 11.1 Å². The summed E-state index contributed by atoms with van der Waals surface area (Å²) in [4.78, 5) is 15.4. The number of carbonyl (C=O) groups excluding carboxylic acids is 1. The van der Waals surface area contributed by atoms with E-state index in [1.54, 1.807) is 36.4 Å². The zero-order valence-corrected chi connectivity index (χ0v) is 20.0. The molecule has 1 amide bonds. The molecule has 4 aromatic rings. The van der Waals surface area contributed by atoms with Crippen molar-refractivity contribution in [1.29, 1.82) is 5.41 Å². The fraction of sp³-hybridized carbons (Fsp3) is 0.0800. The summed E-state index contributed by atoms with van der Waals surface area (Å²) in [7, 11) is -3.42. The van der Waals surface area contributed by atoms with Gasteiger partial charge in [0.15, 0.2) is 9.84 Å². The monoisotopic (exact) mass is 528 g/mol. The van der Waals surface area contributed by atoms with Crippen LogP contribution < -0.4 is 5.73 Å². The molecule has 3 N–H and O–H groups in total. The van der Waals surface area contributed by atoms with Crippen molar-refractivity contribution in [1.82, 2.24) is 9.55 Å². The number of ether oxygens (including phenoxy) is 1. The molecule has 37 heavy (non-hydrogen) atoms. The number of hydrogen-bond acceptors (Lipinski definition) is 6. The summed E-state index contributed by atoms with van der Waals surface area (Å²) in [5.41, 5.74) is 5.24. The van der Waals surface area contributed by atoms with E-state index in [0.717, 1.165) is 12.3 Å². The fourth-order valence-corrected chi connectivity index (χ4v) is 4.34. The third kappa shape index (κ3) is 5.54. The molecule has 0 aliphatic rings. The van der Waals surface area contributed by atoms with Gasteiger partial charge in [0.25, 0.3) is 0 Å². The summed E-state index contributed by atoms with van der Waals surface area (Å²) in [5, 5.41) is 7.92. The van der Waals surface area contributed by atoms with Gasteiger partial charge in [-0.25, -0.2) is 18.2 Å². The zero-order valence-electron chi connectivity index (χ0n) is 19.2. The quantitative estimate of drug-likeness (QED) is 0.277. The Balaban J connectivity index is 1.83. The minimum Gasteiger partial charge on any atom is -0.390 e. The van der Waals surface area contributed by atoms with Crippen LogP contribution in [-0.2, 0) is 20.8 Å². The molecule has 0 unspecified atom stereocenters. The molecule has 1 aromatic heterocycles. The van der Waals surface area contributed by atoms with Gasteiger partial charge in [0.05, 0.1) is 10.5 Å². The Bertz CT molecular complexity index is 1610. The highest BCUT2D eigenvalue weighted by atomic mass is 32.2. The van der Waals surface area contributed by atoms with Gasteiger partial charge in [-0.1, -0.05) is 42.5 Å². The van der Waals surface area contributed by atoms with Gasteiger partial charge in [-0.2, -0.15) is 13.2 Å². The molecule has 190 valence electrons. The van der Waals surface area contributed by atoms with Gasteiger partial charge in [0.1, 0.15) is 11.5 Å². The number of nitrogens with one attached hydrogen (secondary N) is 1. The second kappa shape index (κ2) is 9.54. The van der Waals surface area contributed by atoms with Crippen molar-refractivity contribution in [2.75, 3.05) is 6.26 Å². The average molecular weight is 529 g/mol. The Hall–Kier alpha value is -4.45. The van der Waals surface area contributed by atoms with E-state index in [0.29, 0.717) is 16.8 Å². The number of alkyl halides is 3. The first kappa shape index (κ1) is 25.6. The van der Waals surface area contributed by atoms with Crippen molar-refractivity contribution in [2.24, 2.45) is 5.73 Å². The predicted molar refractivity (Wildman–Crippen MR) is 130 cm³/mol. The second-order valence-electron chi connectivity index (χ2n) is 7.96. The SMILES string of the molecule is CS(=O)(=O)c1cccc(-c2ccc(-n3cc(C(=N)OC(N)=O)nc3-c3ccccc3C(F)(F)F)cc2)c1. The number of benzene rings is 3. The Morgan fingerprint density at radius 1 is 1.00 bits per heavy atom. The van der Waals surface area contributed by atoms with Crippen molar-refractivity contribution in [2.45, 2.75) is 11.1 Å². The maximum absolute atomic E-state index is 13.8. The Labute approximate surface area is 209 Å². The summed E-state index contributed by atoms with van der Waals surface area (Å²) >= 11 is 0. The molecule has 0 fully saturated rings. The highest BCUT2D eigenvalue weighted by molar-refractivity contribution is 7.90. The largest absolute Gasteiger partial charge is 0.417 e. The van der Waals surface area contributed by atoms with Gasteiger partial charge in [-0.3, -0.25) is 9.98 Å².